The van der Waals surface area contributed by atoms with Crippen molar-refractivity contribution in [1.29, 1.82) is 0 Å². The minimum atomic E-state index is -0.0616. The monoisotopic (exact) mass is 234 g/mol. The van der Waals surface area contributed by atoms with E-state index in [0.29, 0.717) is 11.8 Å². The zero-order valence-corrected chi connectivity index (χ0v) is 10.9. The molecule has 0 heterocycles. The van der Waals surface area contributed by atoms with Gasteiger partial charge in [0.1, 0.15) is 0 Å². The third-order valence-corrected chi connectivity index (χ3v) is 5.19. The van der Waals surface area contributed by atoms with Crippen LogP contribution in [-0.4, -0.2) is 16.8 Å². The van der Waals surface area contributed by atoms with Crippen molar-refractivity contribution >= 4 is 12.0 Å². The zero-order chi connectivity index (χ0) is 12.5. The van der Waals surface area contributed by atoms with Crippen molar-refractivity contribution in [2.75, 3.05) is 0 Å². The van der Waals surface area contributed by atoms with Gasteiger partial charge in [-0.3, -0.25) is 4.79 Å². The van der Waals surface area contributed by atoms with E-state index in [1.54, 1.807) is 0 Å². The van der Waals surface area contributed by atoms with Crippen LogP contribution in [0, 0.1) is 23.2 Å². The fraction of sp³-hybridized carbons (Fsp3) is 0.857. The number of nitrogens with zero attached hydrogens (tertiary/aromatic N) is 2. The fourth-order valence-corrected chi connectivity index (χ4v) is 4.20. The first-order chi connectivity index (χ1) is 8.05. The van der Waals surface area contributed by atoms with Crippen LogP contribution in [0.4, 0.5) is 0 Å². The molecule has 0 aromatic heterocycles. The number of hydrogen-bond acceptors (Lipinski definition) is 1. The molecule has 2 saturated carbocycles. The molecular weight excluding hydrogens is 212 g/mol. The average Bonchev–Trinajstić information content (AvgIpc) is 2.80. The molecule has 0 aromatic rings. The number of carbonyl (C=O) groups excluding carboxylic acids is 1. The van der Waals surface area contributed by atoms with Crippen molar-refractivity contribution in [3.05, 3.63) is 5.53 Å². The number of rotatable bonds is 5. The number of Topliss-reactive ketones (excluding diaryl/α,β-unsaturated/α-hetero) is 1. The summed E-state index contributed by atoms with van der Waals surface area (Å²) < 4.78 is 0. The van der Waals surface area contributed by atoms with Crippen LogP contribution in [0.3, 0.4) is 0 Å². The van der Waals surface area contributed by atoms with Gasteiger partial charge in [0.15, 0.2) is 0 Å². The highest BCUT2D eigenvalue weighted by molar-refractivity contribution is 6.25. The maximum atomic E-state index is 11.2. The average molecular weight is 234 g/mol. The Kier molecular flexibility index (Phi) is 3.48. The van der Waals surface area contributed by atoms with E-state index in [1.165, 1.54) is 19.3 Å². The molecule has 2 fully saturated rings. The summed E-state index contributed by atoms with van der Waals surface area (Å²) in [7, 11) is 0. The highest BCUT2D eigenvalue weighted by Gasteiger charge is 2.51. The summed E-state index contributed by atoms with van der Waals surface area (Å²) in [6, 6.07) is 0. The lowest BCUT2D eigenvalue weighted by molar-refractivity contribution is -0.116. The second-order valence-corrected chi connectivity index (χ2v) is 6.30. The molecule has 3 atom stereocenters. The maximum Gasteiger partial charge on any atom is 0.323 e. The molecule has 0 radical (unpaired) electrons. The summed E-state index contributed by atoms with van der Waals surface area (Å²) >= 11 is 0. The molecule has 0 spiro atoms. The fourth-order valence-electron chi connectivity index (χ4n) is 4.20. The standard InChI is InChI=1S/C14H22N2O/c1-14(2)11-7-6-10(8-11)13(14)5-3-4-12(17)9-16-15/h9-11,13H,3-8H2,1-2H3/t10-,11+,13+/m0/s1. The van der Waals surface area contributed by atoms with Crippen LogP contribution in [0.1, 0.15) is 52.4 Å². The molecule has 2 rings (SSSR count). The number of hydrogen-bond donors (Lipinski definition) is 0. The summed E-state index contributed by atoms with van der Waals surface area (Å²) in [5.74, 6) is 2.54. The Morgan fingerprint density at radius 2 is 2.24 bits per heavy atom. The molecule has 2 bridgehead atoms. The molecule has 2 aliphatic rings. The largest absolute Gasteiger partial charge is 0.361 e. The van der Waals surface area contributed by atoms with Gasteiger partial charge in [-0.2, -0.15) is 4.79 Å². The minimum Gasteiger partial charge on any atom is -0.361 e. The quantitative estimate of drug-likeness (QED) is 0.409. The first kappa shape index (κ1) is 12.5. The minimum absolute atomic E-state index is 0.0616. The van der Waals surface area contributed by atoms with Crippen molar-refractivity contribution in [3.63, 3.8) is 0 Å². The lowest BCUT2D eigenvalue weighted by atomic mass is 9.67. The van der Waals surface area contributed by atoms with Gasteiger partial charge < -0.3 is 5.53 Å². The maximum absolute atomic E-state index is 11.2. The van der Waals surface area contributed by atoms with Gasteiger partial charge in [-0.25, -0.2) is 0 Å². The summed E-state index contributed by atoms with van der Waals surface area (Å²) in [5.41, 5.74) is 8.73. The van der Waals surface area contributed by atoms with E-state index >= 15 is 0 Å². The van der Waals surface area contributed by atoms with Gasteiger partial charge in [0.25, 0.3) is 0 Å². The first-order valence-electron chi connectivity index (χ1n) is 6.76. The van der Waals surface area contributed by atoms with Crippen molar-refractivity contribution in [2.45, 2.75) is 52.4 Å². The van der Waals surface area contributed by atoms with Crippen molar-refractivity contribution in [2.24, 2.45) is 23.2 Å². The Morgan fingerprint density at radius 1 is 1.47 bits per heavy atom. The molecular formula is C14H22N2O. The summed E-state index contributed by atoms with van der Waals surface area (Å²) in [6.45, 7) is 4.80. The number of ketones is 1. The van der Waals surface area contributed by atoms with Crippen LogP contribution < -0.4 is 0 Å². The van der Waals surface area contributed by atoms with Gasteiger partial charge >= 0.3 is 6.21 Å². The molecule has 3 heteroatoms. The van der Waals surface area contributed by atoms with E-state index in [-0.39, 0.29) is 5.78 Å². The molecule has 0 aliphatic heterocycles. The van der Waals surface area contributed by atoms with Crippen molar-refractivity contribution in [3.8, 4) is 0 Å². The number of fused-ring (bicyclic) bond motifs is 2. The highest BCUT2D eigenvalue weighted by atomic mass is 16.1. The Labute approximate surface area is 103 Å². The third-order valence-electron chi connectivity index (χ3n) is 5.19. The van der Waals surface area contributed by atoms with E-state index in [1.807, 2.05) is 0 Å². The van der Waals surface area contributed by atoms with E-state index in [4.69, 9.17) is 5.53 Å². The van der Waals surface area contributed by atoms with E-state index in [2.05, 4.69) is 18.6 Å². The lowest BCUT2D eigenvalue weighted by Gasteiger charge is -2.38. The van der Waals surface area contributed by atoms with Crippen LogP contribution in [0.5, 0.6) is 0 Å². The molecule has 3 nitrogen and oxygen atoms in total. The topological polar surface area (TPSA) is 53.5 Å². The van der Waals surface area contributed by atoms with Crippen LogP contribution in [0.25, 0.3) is 5.53 Å². The van der Waals surface area contributed by atoms with Gasteiger partial charge in [-0.1, -0.05) is 13.8 Å². The first-order valence-corrected chi connectivity index (χ1v) is 6.76. The Bertz CT molecular complexity index is 355. The molecule has 0 N–H and O–H groups in total. The number of carbonyl (C=O) groups is 1. The molecule has 0 amide bonds. The Hall–Kier alpha value is -0.950. The van der Waals surface area contributed by atoms with Crippen LogP contribution >= 0.6 is 0 Å². The smallest absolute Gasteiger partial charge is 0.323 e. The van der Waals surface area contributed by atoms with E-state index < -0.39 is 0 Å². The summed E-state index contributed by atoms with van der Waals surface area (Å²) in [4.78, 5) is 14.0. The molecule has 0 unspecified atom stereocenters. The third kappa shape index (κ3) is 2.35. The summed E-state index contributed by atoms with van der Waals surface area (Å²) in [6.07, 6.45) is 7.83. The zero-order valence-electron chi connectivity index (χ0n) is 10.9. The predicted molar refractivity (Wildman–Crippen MR) is 66.6 cm³/mol. The van der Waals surface area contributed by atoms with Crippen LogP contribution in [0.15, 0.2) is 0 Å². The molecule has 0 aromatic carbocycles. The molecule has 0 saturated heterocycles. The van der Waals surface area contributed by atoms with Gasteiger partial charge in [0.05, 0.1) is 0 Å². The van der Waals surface area contributed by atoms with Crippen molar-refractivity contribution in [1.82, 2.24) is 0 Å². The van der Waals surface area contributed by atoms with Crippen LogP contribution in [-0.2, 0) is 4.79 Å². The summed E-state index contributed by atoms with van der Waals surface area (Å²) in [5, 5.41) is 0. The predicted octanol–water partition coefficient (Wildman–Crippen LogP) is 3.10. The van der Waals surface area contributed by atoms with Gasteiger partial charge in [-0.05, 0) is 55.3 Å². The van der Waals surface area contributed by atoms with E-state index in [9.17, 15) is 4.79 Å². The Morgan fingerprint density at radius 3 is 2.82 bits per heavy atom. The van der Waals surface area contributed by atoms with Gasteiger partial charge in [0, 0.05) is 6.42 Å². The second-order valence-electron chi connectivity index (χ2n) is 6.30. The normalized spacial score (nSPS) is 33.4. The SMILES string of the molecule is CC1(C)[C@@H]2CC[C@@H](C2)[C@H]1CCCC(=O)C=[N+]=[N-]. The molecule has 17 heavy (non-hydrogen) atoms. The Balaban J connectivity index is 1.83. The van der Waals surface area contributed by atoms with Crippen molar-refractivity contribution < 1.29 is 9.58 Å². The highest BCUT2D eigenvalue weighted by Crippen LogP contribution is 2.60. The van der Waals surface area contributed by atoms with E-state index in [0.717, 1.165) is 36.8 Å². The molecule has 94 valence electrons. The van der Waals surface area contributed by atoms with Crippen LogP contribution in [0.2, 0.25) is 0 Å². The second kappa shape index (κ2) is 4.73. The lowest BCUT2D eigenvalue weighted by Crippen LogP contribution is -2.30. The molecule has 2 aliphatic carbocycles. The van der Waals surface area contributed by atoms with Gasteiger partial charge in [0.2, 0.25) is 5.78 Å². The van der Waals surface area contributed by atoms with Gasteiger partial charge in [-0.15, -0.1) is 0 Å².